The highest BCUT2D eigenvalue weighted by Gasteiger charge is 2.21. The first-order chi connectivity index (χ1) is 16.2. The number of aromatic nitrogens is 2. The lowest BCUT2D eigenvalue weighted by Crippen LogP contribution is -2.27. The molecular formula is C26H28N4O3S. The van der Waals surface area contributed by atoms with E-state index in [2.05, 4.69) is 21.8 Å². The molecule has 0 aliphatic carbocycles. The Bertz CT molecular complexity index is 1410. The van der Waals surface area contributed by atoms with Crippen LogP contribution in [-0.2, 0) is 29.5 Å². The highest BCUT2D eigenvalue weighted by atomic mass is 32.2. The van der Waals surface area contributed by atoms with Crippen LogP contribution in [0.5, 0.6) is 0 Å². The van der Waals surface area contributed by atoms with E-state index in [-0.39, 0.29) is 5.91 Å². The predicted octanol–water partition coefficient (Wildman–Crippen LogP) is 4.23. The van der Waals surface area contributed by atoms with Gasteiger partial charge in [-0.25, -0.2) is 13.4 Å². The molecule has 4 rings (SSSR count). The van der Waals surface area contributed by atoms with Gasteiger partial charge in [-0.1, -0.05) is 60.2 Å². The molecule has 0 bridgehead atoms. The summed E-state index contributed by atoms with van der Waals surface area (Å²) in [6.07, 6.45) is 3.57. The van der Waals surface area contributed by atoms with E-state index in [1.165, 1.54) is 5.56 Å². The Kier molecular flexibility index (Phi) is 6.70. The first kappa shape index (κ1) is 23.5. The van der Waals surface area contributed by atoms with Crippen molar-refractivity contribution < 1.29 is 13.2 Å². The number of hydrogen-bond donors (Lipinski definition) is 1. The van der Waals surface area contributed by atoms with Crippen LogP contribution in [0.2, 0.25) is 0 Å². The van der Waals surface area contributed by atoms with Crippen LogP contribution in [0.15, 0.2) is 73.1 Å². The molecule has 34 heavy (non-hydrogen) atoms. The normalized spacial score (nSPS) is 11.5. The Balaban J connectivity index is 1.70. The Hall–Kier alpha value is -3.65. The third kappa shape index (κ3) is 5.63. The summed E-state index contributed by atoms with van der Waals surface area (Å²) in [5, 5.41) is 0. The van der Waals surface area contributed by atoms with Crippen molar-refractivity contribution in [1.82, 2.24) is 14.5 Å². The van der Waals surface area contributed by atoms with E-state index in [1.54, 1.807) is 30.4 Å². The molecule has 1 heterocycles. The maximum atomic E-state index is 13.6. The van der Waals surface area contributed by atoms with E-state index < -0.39 is 10.0 Å². The quantitative estimate of drug-likeness (QED) is 0.412. The van der Waals surface area contributed by atoms with Crippen LogP contribution in [0, 0.1) is 6.92 Å². The number of hydrogen-bond acceptors (Lipinski definition) is 4. The number of benzene rings is 3. The van der Waals surface area contributed by atoms with Crippen molar-refractivity contribution in [3.63, 3.8) is 0 Å². The van der Waals surface area contributed by atoms with Crippen molar-refractivity contribution in [2.75, 3.05) is 18.0 Å². The maximum absolute atomic E-state index is 13.6. The van der Waals surface area contributed by atoms with Crippen LogP contribution < -0.4 is 4.72 Å². The number of imidazole rings is 1. The van der Waals surface area contributed by atoms with Crippen LogP contribution in [0.25, 0.3) is 11.0 Å². The van der Waals surface area contributed by atoms with Gasteiger partial charge in [0.15, 0.2) is 0 Å². The van der Waals surface area contributed by atoms with Gasteiger partial charge in [-0.3, -0.25) is 9.52 Å². The van der Waals surface area contributed by atoms with Gasteiger partial charge in [-0.15, -0.1) is 0 Å². The molecule has 176 valence electrons. The van der Waals surface area contributed by atoms with E-state index in [0.29, 0.717) is 35.4 Å². The number of carbonyl (C=O) groups excluding carboxylic acids is 1. The van der Waals surface area contributed by atoms with Gasteiger partial charge in [0.1, 0.15) is 0 Å². The van der Waals surface area contributed by atoms with Gasteiger partial charge in [0.25, 0.3) is 5.91 Å². The van der Waals surface area contributed by atoms with Crippen LogP contribution >= 0.6 is 0 Å². The number of nitrogens with zero attached hydrogens (tertiary/aromatic N) is 3. The second-order valence-electron chi connectivity index (χ2n) is 8.59. The van der Waals surface area contributed by atoms with Gasteiger partial charge in [0, 0.05) is 20.1 Å². The number of fused-ring (bicyclic) bond motifs is 1. The fraction of sp³-hybridized carbons (Fsp3) is 0.231. The number of anilines is 1. The number of aryl methyl sites for hydroxylation is 3. The molecule has 1 amide bonds. The standard InChI is InChI=1S/C26H28N4O3S/c1-19-9-11-21(12-10-19)17-29(2)26(31)23-15-22(28-34(3,32)33)16-24-25(23)30(18-27-24)14-13-20-7-5-4-6-8-20/h4-12,15-16,18,28H,13-14,17H2,1-3H3. The van der Waals surface area contributed by atoms with Gasteiger partial charge in [-0.2, -0.15) is 0 Å². The summed E-state index contributed by atoms with van der Waals surface area (Å²) in [5.74, 6) is -0.204. The molecule has 0 saturated heterocycles. The third-order valence-corrected chi connectivity index (χ3v) is 6.22. The number of carbonyl (C=O) groups is 1. The molecule has 0 unspecified atom stereocenters. The molecule has 0 radical (unpaired) electrons. The summed E-state index contributed by atoms with van der Waals surface area (Å²) in [4.78, 5) is 19.7. The molecule has 3 aromatic carbocycles. The largest absolute Gasteiger partial charge is 0.337 e. The van der Waals surface area contributed by atoms with E-state index >= 15 is 0 Å². The summed E-state index contributed by atoms with van der Waals surface area (Å²) in [5.41, 5.74) is 5.33. The third-order valence-electron chi connectivity index (χ3n) is 5.62. The lowest BCUT2D eigenvalue weighted by Gasteiger charge is -2.19. The van der Waals surface area contributed by atoms with Crippen molar-refractivity contribution in [2.24, 2.45) is 0 Å². The van der Waals surface area contributed by atoms with E-state index in [9.17, 15) is 13.2 Å². The lowest BCUT2D eigenvalue weighted by molar-refractivity contribution is 0.0786. The second-order valence-corrected chi connectivity index (χ2v) is 10.3. The summed E-state index contributed by atoms with van der Waals surface area (Å²) in [6.45, 7) is 3.09. The summed E-state index contributed by atoms with van der Waals surface area (Å²) in [6, 6.07) is 21.4. The highest BCUT2D eigenvalue weighted by Crippen LogP contribution is 2.26. The average Bonchev–Trinajstić information content (AvgIpc) is 3.20. The molecular weight excluding hydrogens is 448 g/mol. The van der Waals surface area contributed by atoms with Crippen LogP contribution in [-0.4, -0.2) is 42.1 Å². The first-order valence-electron chi connectivity index (χ1n) is 11.0. The molecule has 0 aliphatic rings. The predicted molar refractivity (Wildman–Crippen MR) is 135 cm³/mol. The minimum Gasteiger partial charge on any atom is -0.337 e. The van der Waals surface area contributed by atoms with E-state index in [0.717, 1.165) is 23.8 Å². The minimum absolute atomic E-state index is 0.204. The topological polar surface area (TPSA) is 84.3 Å². The Labute approximate surface area is 200 Å². The molecule has 1 aromatic heterocycles. The SMILES string of the molecule is Cc1ccc(CN(C)C(=O)c2cc(NS(C)(=O)=O)cc3ncn(CCc4ccccc4)c23)cc1. The smallest absolute Gasteiger partial charge is 0.256 e. The van der Waals surface area contributed by atoms with Gasteiger partial charge in [0.2, 0.25) is 10.0 Å². The molecule has 8 heteroatoms. The summed E-state index contributed by atoms with van der Waals surface area (Å²) < 4.78 is 28.1. The van der Waals surface area contributed by atoms with Crippen molar-refractivity contribution in [3.05, 3.63) is 95.3 Å². The zero-order valence-electron chi connectivity index (χ0n) is 19.5. The number of amides is 1. The number of nitrogens with one attached hydrogen (secondary N) is 1. The van der Waals surface area contributed by atoms with E-state index in [1.807, 2.05) is 54.0 Å². The van der Waals surface area contributed by atoms with Crippen molar-refractivity contribution >= 4 is 32.7 Å². The summed E-state index contributed by atoms with van der Waals surface area (Å²) in [7, 11) is -1.76. The van der Waals surface area contributed by atoms with Gasteiger partial charge in [0.05, 0.1) is 34.9 Å². The molecule has 0 saturated carbocycles. The van der Waals surface area contributed by atoms with Crippen molar-refractivity contribution in [3.8, 4) is 0 Å². The molecule has 7 nitrogen and oxygen atoms in total. The Morgan fingerprint density at radius 2 is 1.74 bits per heavy atom. The molecule has 0 atom stereocenters. The fourth-order valence-corrected chi connectivity index (χ4v) is 4.50. The van der Waals surface area contributed by atoms with Crippen LogP contribution in [0.3, 0.4) is 0 Å². The minimum atomic E-state index is -3.51. The highest BCUT2D eigenvalue weighted by molar-refractivity contribution is 7.92. The molecule has 4 aromatic rings. The van der Waals surface area contributed by atoms with Crippen molar-refractivity contribution in [2.45, 2.75) is 26.4 Å². The average molecular weight is 477 g/mol. The monoisotopic (exact) mass is 476 g/mol. The number of rotatable bonds is 8. The number of sulfonamides is 1. The molecule has 1 N–H and O–H groups in total. The Morgan fingerprint density at radius 3 is 2.41 bits per heavy atom. The maximum Gasteiger partial charge on any atom is 0.256 e. The van der Waals surface area contributed by atoms with Gasteiger partial charge in [-0.05, 0) is 36.6 Å². The first-order valence-corrected chi connectivity index (χ1v) is 12.9. The van der Waals surface area contributed by atoms with Crippen LogP contribution in [0.1, 0.15) is 27.0 Å². The zero-order valence-corrected chi connectivity index (χ0v) is 20.3. The molecule has 0 spiro atoms. The van der Waals surface area contributed by atoms with E-state index in [4.69, 9.17) is 0 Å². The second kappa shape index (κ2) is 9.69. The fourth-order valence-electron chi connectivity index (χ4n) is 3.95. The summed E-state index contributed by atoms with van der Waals surface area (Å²) >= 11 is 0. The Morgan fingerprint density at radius 1 is 1.03 bits per heavy atom. The van der Waals surface area contributed by atoms with Gasteiger partial charge < -0.3 is 9.47 Å². The van der Waals surface area contributed by atoms with Gasteiger partial charge >= 0.3 is 0 Å². The van der Waals surface area contributed by atoms with Crippen LogP contribution in [0.4, 0.5) is 5.69 Å². The lowest BCUT2D eigenvalue weighted by atomic mass is 10.1. The zero-order chi connectivity index (χ0) is 24.3. The molecule has 0 fully saturated rings. The van der Waals surface area contributed by atoms with Crippen molar-refractivity contribution in [1.29, 1.82) is 0 Å². The molecule has 0 aliphatic heterocycles.